The maximum Gasteiger partial charge on any atom is 0.221 e. The van der Waals surface area contributed by atoms with E-state index in [1.807, 2.05) is 48.5 Å². The number of amides is 1. The predicted octanol–water partition coefficient (Wildman–Crippen LogP) is 3.17. The van der Waals surface area contributed by atoms with Crippen molar-refractivity contribution in [1.82, 2.24) is 10.2 Å². The molecule has 0 spiro atoms. The molecule has 0 aliphatic rings. The Morgan fingerprint density at radius 1 is 1.04 bits per heavy atom. The van der Waals surface area contributed by atoms with Crippen molar-refractivity contribution < 1.29 is 4.79 Å². The van der Waals surface area contributed by atoms with E-state index in [0.717, 1.165) is 18.7 Å². The third kappa shape index (κ3) is 8.89. The largest absolute Gasteiger partial charge is 0.355 e. The van der Waals surface area contributed by atoms with Gasteiger partial charge in [-0.15, -0.1) is 24.8 Å². The molecule has 0 saturated carbocycles. The van der Waals surface area contributed by atoms with Gasteiger partial charge in [-0.05, 0) is 18.2 Å². The van der Waals surface area contributed by atoms with Gasteiger partial charge >= 0.3 is 0 Å². The number of hydrogen-bond acceptors (Lipinski definition) is 3. The summed E-state index contributed by atoms with van der Waals surface area (Å²) in [6.07, 6.45) is 0.312. The number of carbonyl (C=O) groups excluding carboxylic acids is 1. The number of likely N-dealkylation sites (N-methyl/N-ethyl adjacent to an activating group) is 1. The van der Waals surface area contributed by atoms with Crippen LogP contribution in [0.4, 0.5) is 0 Å². The molecule has 138 valence electrons. The molecule has 2 rings (SSSR count). The zero-order chi connectivity index (χ0) is 16.5. The molecule has 0 radical (unpaired) electrons. The number of carbonyl (C=O) groups is 1. The van der Waals surface area contributed by atoms with E-state index in [1.165, 1.54) is 5.56 Å². The first-order chi connectivity index (χ1) is 11.1. The van der Waals surface area contributed by atoms with E-state index in [1.54, 1.807) is 0 Å². The van der Waals surface area contributed by atoms with Gasteiger partial charge in [0.25, 0.3) is 0 Å². The van der Waals surface area contributed by atoms with Crippen molar-refractivity contribution in [2.45, 2.75) is 19.0 Å². The van der Waals surface area contributed by atoms with E-state index in [9.17, 15) is 4.79 Å². The van der Waals surface area contributed by atoms with E-state index < -0.39 is 0 Å². The van der Waals surface area contributed by atoms with E-state index >= 15 is 0 Å². The topological polar surface area (TPSA) is 58.4 Å². The number of rotatable bonds is 8. The zero-order valence-electron chi connectivity index (χ0n) is 14.4. The van der Waals surface area contributed by atoms with Crippen LogP contribution in [-0.4, -0.2) is 30.9 Å². The summed E-state index contributed by atoms with van der Waals surface area (Å²) >= 11 is 0. The van der Waals surface area contributed by atoms with E-state index in [4.69, 9.17) is 5.73 Å². The zero-order valence-corrected chi connectivity index (χ0v) is 16.1. The first kappa shape index (κ1) is 23.4. The fourth-order valence-corrected chi connectivity index (χ4v) is 2.45. The Labute approximate surface area is 162 Å². The van der Waals surface area contributed by atoms with Crippen molar-refractivity contribution in [3.05, 3.63) is 71.8 Å². The molecule has 2 aromatic rings. The smallest absolute Gasteiger partial charge is 0.221 e. The van der Waals surface area contributed by atoms with Gasteiger partial charge in [-0.25, -0.2) is 0 Å². The van der Waals surface area contributed by atoms with Crippen LogP contribution in [-0.2, 0) is 11.3 Å². The molecule has 0 aromatic heterocycles. The van der Waals surface area contributed by atoms with E-state index in [0.29, 0.717) is 13.0 Å². The first-order valence-corrected chi connectivity index (χ1v) is 7.95. The Morgan fingerprint density at radius 2 is 1.60 bits per heavy atom. The van der Waals surface area contributed by atoms with E-state index in [2.05, 4.69) is 29.4 Å². The second-order valence-corrected chi connectivity index (χ2v) is 5.79. The number of nitrogens with zero attached hydrogens (tertiary/aromatic N) is 1. The van der Waals surface area contributed by atoms with Gasteiger partial charge in [0.2, 0.25) is 5.91 Å². The number of benzene rings is 2. The van der Waals surface area contributed by atoms with Crippen LogP contribution < -0.4 is 11.1 Å². The minimum atomic E-state index is -0.252. The summed E-state index contributed by atoms with van der Waals surface area (Å²) in [5, 5.41) is 2.94. The summed E-state index contributed by atoms with van der Waals surface area (Å²) in [7, 11) is 2.05. The summed E-state index contributed by atoms with van der Waals surface area (Å²) in [5.74, 6) is -0.00513. The highest BCUT2D eigenvalue weighted by atomic mass is 35.5. The number of nitrogens with one attached hydrogen (secondary N) is 1. The molecule has 1 atom stereocenters. The van der Waals surface area contributed by atoms with Crippen LogP contribution >= 0.6 is 24.8 Å². The average molecular weight is 384 g/mol. The normalized spacial score (nSPS) is 11.2. The number of halogens is 2. The molecular weight excluding hydrogens is 357 g/mol. The average Bonchev–Trinajstić information content (AvgIpc) is 2.56. The third-order valence-corrected chi connectivity index (χ3v) is 3.74. The second kappa shape index (κ2) is 12.7. The van der Waals surface area contributed by atoms with Crippen LogP contribution in [0.2, 0.25) is 0 Å². The van der Waals surface area contributed by atoms with Gasteiger partial charge in [-0.3, -0.25) is 4.79 Å². The van der Waals surface area contributed by atoms with Crippen LogP contribution in [0, 0.1) is 0 Å². The monoisotopic (exact) mass is 383 g/mol. The summed E-state index contributed by atoms with van der Waals surface area (Å²) in [4.78, 5) is 14.1. The van der Waals surface area contributed by atoms with Gasteiger partial charge in [-0.1, -0.05) is 60.7 Å². The predicted molar refractivity (Wildman–Crippen MR) is 108 cm³/mol. The Balaban J connectivity index is 0.00000288. The minimum absolute atomic E-state index is 0. The Kier molecular flexibility index (Phi) is 11.9. The molecule has 0 fully saturated rings. The van der Waals surface area contributed by atoms with Gasteiger partial charge in [0.1, 0.15) is 0 Å². The summed E-state index contributed by atoms with van der Waals surface area (Å²) in [6.45, 7) is 2.31. The molecule has 1 amide bonds. The van der Waals surface area contributed by atoms with Gasteiger partial charge in [0.05, 0.1) is 0 Å². The molecule has 0 saturated heterocycles. The second-order valence-electron chi connectivity index (χ2n) is 5.79. The maximum atomic E-state index is 12.0. The third-order valence-electron chi connectivity index (χ3n) is 3.74. The van der Waals surface area contributed by atoms with Crippen molar-refractivity contribution in [2.24, 2.45) is 5.73 Å². The van der Waals surface area contributed by atoms with Crippen molar-refractivity contribution in [3.63, 3.8) is 0 Å². The van der Waals surface area contributed by atoms with Gasteiger partial charge < -0.3 is 16.0 Å². The van der Waals surface area contributed by atoms with Crippen molar-refractivity contribution in [2.75, 3.05) is 20.1 Å². The Bertz CT molecular complexity index is 596. The molecule has 1 unspecified atom stereocenters. The standard InChI is InChI=1S/C19H25N3O.2ClH/c1-22(15-16-8-4-2-5-9-16)13-12-21-19(23)14-18(20)17-10-6-3-7-11-17;;/h2-11,18H,12-15,20H2,1H3,(H,21,23);2*1H. The Morgan fingerprint density at radius 3 is 2.20 bits per heavy atom. The molecule has 0 bridgehead atoms. The van der Waals surface area contributed by atoms with Gasteiger partial charge in [0, 0.05) is 32.1 Å². The molecule has 25 heavy (non-hydrogen) atoms. The van der Waals surface area contributed by atoms with Crippen LogP contribution in [0.25, 0.3) is 0 Å². The minimum Gasteiger partial charge on any atom is -0.355 e. The van der Waals surface area contributed by atoms with Crippen LogP contribution in [0.1, 0.15) is 23.6 Å². The lowest BCUT2D eigenvalue weighted by atomic mass is 10.0. The highest BCUT2D eigenvalue weighted by Crippen LogP contribution is 2.12. The maximum absolute atomic E-state index is 12.0. The van der Waals surface area contributed by atoms with Gasteiger partial charge in [-0.2, -0.15) is 0 Å². The number of hydrogen-bond donors (Lipinski definition) is 2. The number of nitrogens with two attached hydrogens (primary N) is 1. The molecule has 0 heterocycles. The molecule has 3 N–H and O–H groups in total. The van der Waals surface area contributed by atoms with Gasteiger partial charge in [0.15, 0.2) is 0 Å². The molecule has 6 heteroatoms. The van der Waals surface area contributed by atoms with Crippen LogP contribution in [0.5, 0.6) is 0 Å². The quantitative estimate of drug-likeness (QED) is 0.735. The fraction of sp³-hybridized carbons (Fsp3) is 0.316. The van der Waals surface area contributed by atoms with Crippen molar-refractivity contribution >= 4 is 30.7 Å². The van der Waals surface area contributed by atoms with Crippen LogP contribution in [0.15, 0.2) is 60.7 Å². The van der Waals surface area contributed by atoms with Crippen molar-refractivity contribution in [1.29, 1.82) is 0 Å². The molecule has 2 aromatic carbocycles. The molecular formula is C19H27Cl2N3O. The molecule has 0 aliphatic heterocycles. The summed E-state index contributed by atoms with van der Waals surface area (Å²) in [6, 6.07) is 19.8. The molecule has 0 aliphatic carbocycles. The lowest BCUT2D eigenvalue weighted by Crippen LogP contribution is -2.34. The SMILES string of the molecule is CN(CCNC(=O)CC(N)c1ccccc1)Cc1ccccc1.Cl.Cl. The first-order valence-electron chi connectivity index (χ1n) is 7.95. The fourth-order valence-electron chi connectivity index (χ4n) is 2.45. The van der Waals surface area contributed by atoms with Crippen molar-refractivity contribution in [3.8, 4) is 0 Å². The summed E-state index contributed by atoms with van der Waals surface area (Å²) < 4.78 is 0. The summed E-state index contributed by atoms with van der Waals surface area (Å²) in [5.41, 5.74) is 8.32. The molecule has 4 nitrogen and oxygen atoms in total. The highest BCUT2D eigenvalue weighted by Gasteiger charge is 2.11. The lowest BCUT2D eigenvalue weighted by molar-refractivity contribution is -0.121. The Hall–Kier alpha value is -1.59. The van der Waals surface area contributed by atoms with Crippen LogP contribution in [0.3, 0.4) is 0 Å². The van der Waals surface area contributed by atoms with E-state index in [-0.39, 0.29) is 36.8 Å². The lowest BCUT2D eigenvalue weighted by Gasteiger charge is -2.17. The highest BCUT2D eigenvalue weighted by molar-refractivity contribution is 5.85.